The lowest BCUT2D eigenvalue weighted by Gasteiger charge is -2.32. The molecule has 0 unspecified atom stereocenters. The maximum absolute atomic E-state index is 8.88. The molecular weight excluding hydrogens is 180 g/mol. The van der Waals surface area contributed by atoms with Crippen LogP contribution in [-0.2, 0) is 0 Å². The average molecular weight is 192 g/mol. The highest BCUT2D eigenvalue weighted by atomic mass is 16.5. The van der Waals surface area contributed by atoms with E-state index in [4.69, 9.17) is 9.94 Å². The fourth-order valence-electron chi connectivity index (χ4n) is 1.62. The number of pyridine rings is 1. The van der Waals surface area contributed by atoms with Gasteiger partial charge in [-0.2, -0.15) is 0 Å². The van der Waals surface area contributed by atoms with Crippen LogP contribution in [0, 0.1) is 0 Å². The van der Waals surface area contributed by atoms with Crippen molar-refractivity contribution in [1.29, 1.82) is 0 Å². The summed E-state index contributed by atoms with van der Waals surface area (Å²) < 4.78 is 5.70. The number of ether oxygens (including phenoxy) is 1. The zero-order chi connectivity index (χ0) is 10.2. The highest BCUT2D eigenvalue weighted by Crippen LogP contribution is 2.32. The van der Waals surface area contributed by atoms with Crippen LogP contribution in [0.2, 0.25) is 0 Å². The molecule has 0 atom stereocenters. The first-order valence-electron chi connectivity index (χ1n) is 4.47. The minimum Gasteiger partial charge on any atom is -0.485 e. The molecule has 1 aromatic heterocycles. The molecule has 74 valence electrons. The summed E-state index contributed by atoms with van der Waals surface area (Å²) in [7, 11) is 0. The van der Waals surface area contributed by atoms with Crippen molar-refractivity contribution >= 4 is 5.71 Å². The van der Waals surface area contributed by atoms with E-state index < -0.39 is 0 Å². The summed E-state index contributed by atoms with van der Waals surface area (Å²) in [6.07, 6.45) is 3.90. The van der Waals surface area contributed by atoms with Crippen LogP contribution in [0.15, 0.2) is 23.6 Å². The molecule has 4 nitrogen and oxygen atoms in total. The maximum Gasteiger partial charge on any atom is 0.147 e. The predicted octanol–water partition coefficient (Wildman–Crippen LogP) is 1.82. The van der Waals surface area contributed by atoms with Crippen LogP contribution in [0.5, 0.6) is 5.75 Å². The minimum absolute atomic E-state index is 0.336. The number of fused-ring (bicyclic) bond motifs is 1. The van der Waals surface area contributed by atoms with Gasteiger partial charge in [0.1, 0.15) is 11.4 Å². The van der Waals surface area contributed by atoms with Crippen LogP contribution in [-0.4, -0.2) is 21.5 Å². The molecule has 0 fully saturated rings. The Balaban J connectivity index is 2.52. The van der Waals surface area contributed by atoms with Gasteiger partial charge in [0.15, 0.2) is 0 Å². The molecule has 1 aromatic rings. The van der Waals surface area contributed by atoms with E-state index in [1.807, 2.05) is 13.8 Å². The van der Waals surface area contributed by atoms with Gasteiger partial charge >= 0.3 is 0 Å². The van der Waals surface area contributed by atoms with Gasteiger partial charge in [-0.3, -0.25) is 4.98 Å². The van der Waals surface area contributed by atoms with Crippen LogP contribution < -0.4 is 4.74 Å². The SMILES string of the molecule is CC1(C)C/C(=N\O)c2ccncc2O1. The Hall–Kier alpha value is -1.58. The number of oxime groups is 1. The van der Waals surface area contributed by atoms with Crippen LogP contribution in [0.25, 0.3) is 0 Å². The Morgan fingerprint density at radius 1 is 1.57 bits per heavy atom. The van der Waals surface area contributed by atoms with Crippen molar-refractivity contribution in [2.45, 2.75) is 25.9 Å². The molecule has 1 aliphatic rings. The Labute approximate surface area is 82.2 Å². The fraction of sp³-hybridized carbons (Fsp3) is 0.400. The molecule has 2 rings (SSSR count). The van der Waals surface area contributed by atoms with Gasteiger partial charge in [-0.1, -0.05) is 5.16 Å². The monoisotopic (exact) mass is 192 g/mol. The number of nitrogens with zero attached hydrogens (tertiary/aromatic N) is 2. The topological polar surface area (TPSA) is 54.7 Å². The maximum atomic E-state index is 8.88. The molecule has 1 aliphatic heterocycles. The second kappa shape index (κ2) is 2.97. The van der Waals surface area contributed by atoms with Gasteiger partial charge in [0.25, 0.3) is 0 Å². The molecule has 4 heteroatoms. The van der Waals surface area contributed by atoms with Crippen LogP contribution in [0.3, 0.4) is 0 Å². The van der Waals surface area contributed by atoms with Crippen molar-refractivity contribution in [2.75, 3.05) is 0 Å². The summed E-state index contributed by atoms with van der Waals surface area (Å²) in [5, 5.41) is 12.2. The smallest absolute Gasteiger partial charge is 0.147 e. The summed E-state index contributed by atoms with van der Waals surface area (Å²) in [6.45, 7) is 3.90. The molecule has 2 heterocycles. The first-order valence-corrected chi connectivity index (χ1v) is 4.47. The van der Waals surface area contributed by atoms with E-state index in [9.17, 15) is 0 Å². The molecule has 14 heavy (non-hydrogen) atoms. The van der Waals surface area contributed by atoms with Crippen LogP contribution in [0.4, 0.5) is 0 Å². The Kier molecular flexibility index (Phi) is 1.91. The van der Waals surface area contributed by atoms with Crippen molar-refractivity contribution in [3.8, 4) is 5.75 Å². The van der Waals surface area contributed by atoms with Gasteiger partial charge in [0.05, 0.1) is 11.9 Å². The highest BCUT2D eigenvalue weighted by molar-refractivity contribution is 6.03. The number of rotatable bonds is 0. The number of hydrogen-bond donors (Lipinski definition) is 1. The molecule has 0 bridgehead atoms. The first kappa shape index (κ1) is 8.99. The Morgan fingerprint density at radius 3 is 3.07 bits per heavy atom. The third-order valence-electron chi connectivity index (χ3n) is 2.20. The summed E-state index contributed by atoms with van der Waals surface area (Å²) in [5.74, 6) is 0.677. The van der Waals surface area contributed by atoms with Gasteiger partial charge in [0, 0.05) is 18.2 Å². The van der Waals surface area contributed by atoms with E-state index in [0.29, 0.717) is 17.9 Å². The van der Waals surface area contributed by atoms with E-state index in [1.165, 1.54) is 0 Å². The molecule has 0 spiro atoms. The molecule has 0 saturated heterocycles. The third kappa shape index (κ3) is 1.43. The Morgan fingerprint density at radius 2 is 2.36 bits per heavy atom. The van der Waals surface area contributed by atoms with Gasteiger partial charge in [-0.05, 0) is 19.9 Å². The lowest BCUT2D eigenvalue weighted by atomic mass is 9.93. The van der Waals surface area contributed by atoms with Crippen molar-refractivity contribution < 1.29 is 9.94 Å². The quantitative estimate of drug-likeness (QED) is 0.504. The zero-order valence-corrected chi connectivity index (χ0v) is 8.19. The molecule has 0 aromatic carbocycles. The molecule has 0 saturated carbocycles. The van der Waals surface area contributed by atoms with E-state index in [2.05, 4.69) is 10.1 Å². The van der Waals surface area contributed by atoms with E-state index in [-0.39, 0.29) is 5.60 Å². The standard InChI is InChI=1S/C10H12N2O2/c1-10(2)5-8(12-13)7-3-4-11-6-9(7)14-10/h3-4,6,13H,5H2,1-2H3/b12-8+. The predicted molar refractivity (Wildman–Crippen MR) is 51.9 cm³/mol. The lowest BCUT2D eigenvalue weighted by molar-refractivity contribution is 0.109. The van der Waals surface area contributed by atoms with E-state index in [1.54, 1.807) is 18.5 Å². The fourth-order valence-corrected chi connectivity index (χ4v) is 1.62. The van der Waals surface area contributed by atoms with Gasteiger partial charge in [-0.25, -0.2) is 0 Å². The van der Waals surface area contributed by atoms with Gasteiger partial charge in [0.2, 0.25) is 0 Å². The molecular formula is C10H12N2O2. The summed E-state index contributed by atoms with van der Waals surface area (Å²) in [6, 6.07) is 1.79. The summed E-state index contributed by atoms with van der Waals surface area (Å²) in [5.41, 5.74) is 1.14. The van der Waals surface area contributed by atoms with E-state index >= 15 is 0 Å². The first-order chi connectivity index (χ1) is 6.62. The average Bonchev–Trinajstić information content (AvgIpc) is 2.15. The second-order valence-corrected chi connectivity index (χ2v) is 3.96. The second-order valence-electron chi connectivity index (χ2n) is 3.96. The minimum atomic E-state index is -0.336. The Bertz CT molecular complexity index is 385. The van der Waals surface area contributed by atoms with Gasteiger partial charge in [-0.15, -0.1) is 0 Å². The van der Waals surface area contributed by atoms with Crippen molar-refractivity contribution in [2.24, 2.45) is 5.16 Å². The zero-order valence-electron chi connectivity index (χ0n) is 8.19. The van der Waals surface area contributed by atoms with Gasteiger partial charge < -0.3 is 9.94 Å². The number of hydrogen-bond acceptors (Lipinski definition) is 4. The van der Waals surface area contributed by atoms with Crippen molar-refractivity contribution in [3.05, 3.63) is 24.0 Å². The third-order valence-corrected chi connectivity index (χ3v) is 2.20. The summed E-state index contributed by atoms with van der Waals surface area (Å²) in [4.78, 5) is 3.97. The van der Waals surface area contributed by atoms with Crippen molar-refractivity contribution in [1.82, 2.24) is 4.98 Å². The lowest BCUT2D eigenvalue weighted by Crippen LogP contribution is -2.36. The van der Waals surface area contributed by atoms with Crippen LogP contribution in [0.1, 0.15) is 25.8 Å². The molecule has 1 N–H and O–H groups in total. The van der Waals surface area contributed by atoms with Crippen LogP contribution >= 0.6 is 0 Å². The largest absolute Gasteiger partial charge is 0.485 e. The molecule has 0 aliphatic carbocycles. The van der Waals surface area contributed by atoms with Crippen molar-refractivity contribution in [3.63, 3.8) is 0 Å². The number of aromatic nitrogens is 1. The van der Waals surface area contributed by atoms with E-state index in [0.717, 1.165) is 5.56 Å². The molecule has 0 amide bonds. The molecule has 0 radical (unpaired) electrons. The highest BCUT2D eigenvalue weighted by Gasteiger charge is 2.31. The summed E-state index contributed by atoms with van der Waals surface area (Å²) >= 11 is 0. The normalized spacial score (nSPS) is 21.4.